The maximum atomic E-state index is 13.4. The van der Waals surface area contributed by atoms with Crippen molar-refractivity contribution in [2.75, 3.05) is 19.9 Å². The Labute approximate surface area is 165 Å². The van der Waals surface area contributed by atoms with Crippen molar-refractivity contribution in [2.24, 2.45) is 5.92 Å². The van der Waals surface area contributed by atoms with Crippen LogP contribution in [0, 0.1) is 11.7 Å². The number of ether oxygens (including phenoxy) is 3. The van der Waals surface area contributed by atoms with Crippen LogP contribution < -0.4 is 14.2 Å². The molecule has 0 amide bonds. The largest absolute Gasteiger partial charge is 0.499 e. The van der Waals surface area contributed by atoms with E-state index in [1.807, 2.05) is 0 Å². The van der Waals surface area contributed by atoms with Crippen molar-refractivity contribution >= 4 is 7.82 Å². The Balaban J connectivity index is 1.30. The lowest BCUT2D eigenvalue weighted by molar-refractivity contribution is -0.327. The number of piperidine rings is 1. The van der Waals surface area contributed by atoms with Gasteiger partial charge in [-0.1, -0.05) is 12.1 Å². The lowest BCUT2D eigenvalue weighted by Gasteiger charge is -2.47. The number of fused-ring (bicyclic) bond motifs is 1. The quantitative estimate of drug-likeness (QED) is 0.691. The average Bonchev–Trinajstić information content (AvgIpc) is 3.35. The van der Waals surface area contributed by atoms with Gasteiger partial charge in [-0.2, -0.15) is 4.62 Å². The zero-order chi connectivity index (χ0) is 19.6. The fraction of sp³-hybridized carbons (Fsp3) is 0.368. The van der Waals surface area contributed by atoms with E-state index in [1.54, 1.807) is 30.3 Å². The van der Waals surface area contributed by atoms with E-state index in [-0.39, 0.29) is 31.1 Å². The van der Waals surface area contributed by atoms with Gasteiger partial charge in [0.25, 0.3) is 5.91 Å². The normalized spacial score (nSPS) is 34.5. The number of phosphoric acid groups is 1. The molecular formula is C19H17FNO7P. The van der Waals surface area contributed by atoms with Crippen LogP contribution in [0.25, 0.3) is 0 Å². The van der Waals surface area contributed by atoms with Crippen LogP contribution in [-0.4, -0.2) is 30.9 Å². The first-order valence-corrected chi connectivity index (χ1v) is 10.8. The van der Waals surface area contributed by atoms with E-state index in [0.717, 1.165) is 5.56 Å². The second kappa shape index (κ2) is 6.17. The predicted molar refractivity (Wildman–Crippen MR) is 95.6 cm³/mol. The van der Waals surface area contributed by atoms with Crippen LogP contribution in [0.2, 0.25) is 0 Å². The van der Waals surface area contributed by atoms with Gasteiger partial charge in [0.1, 0.15) is 11.6 Å². The Bertz CT molecular complexity index is 1010. The summed E-state index contributed by atoms with van der Waals surface area (Å²) in [6.07, 6.45) is 0.690. The van der Waals surface area contributed by atoms with Crippen molar-refractivity contribution in [3.05, 3.63) is 53.8 Å². The second-order valence-corrected chi connectivity index (χ2v) is 8.75. The monoisotopic (exact) mass is 421 g/mol. The Kier molecular flexibility index (Phi) is 3.76. The van der Waals surface area contributed by atoms with Crippen LogP contribution in [0.4, 0.5) is 4.39 Å². The predicted octanol–water partition coefficient (Wildman–Crippen LogP) is 3.79. The third kappa shape index (κ3) is 2.69. The highest BCUT2D eigenvalue weighted by Crippen LogP contribution is 2.77. The van der Waals surface area contributed by atoms with Gasteiger partial charge in [-0.25, -0.2) is 18.0 Å². The SMILES string of the molecule is O=P12ON3CC[C@@H](c4ccc(F)cc4)[C@H](COc4ccc5c(c4)OCO5)C3(O1)O2. The minimum Gasteiger partial charge on any atom is -0.493 e. The van der Waals surface area contributed by atoms with Crippen molar-refractivity contribution in [3.63, 3.8) is 0 Å². The third-order valence-corrected chi connectivity index (χ3v) is 7.07. The van der Waals surface area contributed by atoms with Gasteiger partial charge in [0.05, 0.1) is 12.5 Å². The van der Waals surface area contributed by atoms with E-state index in [4.69, 9.17) is 27.9 Å². The molecule has 10 heteroatoms. The molecule has 0 radical (unpaired) electrons. The number of hydroxylamine groups is 2. The van der Waals surface area contributed by atoms with E-state index in [1.165, 1.54) is 17.2 Å². The Morgan fingerprint density at radius 3 is 2.76 bits per heavy atom. The summed E-state index contributed by atoms with van der Waals surface area (Å²) in [6.45, 7) is 0.870. The molecule has 5 aliphatic heterocycles. The summed E-state index contributed by atoms with van der Waals surface area (Å²) in [5.74, 6) is -0.0913. The second-order valence-electron chi connectivity index (χ2n) is 7.32. The van der Waals surface area contributed by atoms with Gasteiger partial charge in [0, 0.05) is 12.6 Å². The van der Waals surface area contributed by atoms with Crippen LogP contribution in [0.5, 0.6) is 17.2 Å². The van der Waals surface area contributed by atoms with Crippen molar-refractivity contribution < 1.29 is 36.8 Å². The van der Waals surface area contributed by atoms with Gasteiger partial charge < -0.3 is 14.2 Å². The molecule has 2 bridgehead atoms. The molecule has 152 valence electrons. The van der Waals surface area contributed by atoms with Gasteiger partial charge in [-0.3, -0.25) is 0 Å². The molecule has 4 saturated heterocycles. The Morgan fingerprint density at radius 2 is 1.93 bits per heavy atom. The molecular weight excluding hydrogens is 404 g/mol. The fourth-order valence-electron chi connectivity index (χ4n) is 4.34. The van der Waals surface area contributed by atoms with Crippen molar-refractivity contribution in [1.82, 2.24) is 5.06 Å². The van der Waals surface area contributed by atoms with E-state index in [0.29, 0.717) is 30.2 Å². The van der Waals surface area contributed by atoms with Crippen LogP contribution in [0.1, 0.15) is 17.9 Å². The van der Waals surface area contributed by atoms with Gasteiger partial charge in [0.15, 0.2) is 11.5 Å². The lowest BCUT2D eigenvalue weighted by Crippen LogP contribution is -2.60. The minimum atomic E-state index is -3.51. The zero-order valence-electron chi connectivity index (χ0n) is 15.2. The van der Waals surface area contributed by atoms with Crippen molar-refractivity contribution in [3.8, 4) is 17.2 Å². The molecule has 8 nitrogen and oxygen atoms in total. The summed E-state index contributed by atoms with van der Waals surface area (Å²) >= 11 is 0. The zero-order valence-corrected chi connectivity index (χ0v) is 16.0. The third-order valence-electron chi connectivity index (χ3n) is 5.70. The number of halogens is 1. The molecule has 0 N–H and O–H groups in total. The van der Waals surface area contributed by atoms with E-state index in [9.17, 15) is 8.96 Å². The summed E-state index contributed by atoms with van der Waals surface area (Å²) in [5, 5.41) is 1.50. The molecule has 7 rings (SSSR count). The molecule has 2 atom stereocenters. The van der Waals surface area contributed by atoms with Gasteiger partial charge in [0.2, 0.25) is 6.79 Å². The number of hydrogen-bond donors (Lipinski definition) is 0. The van der Waals surface area contributed by atoms with Gasteiger partial charge in [-0.15, -0.1) is 5.06 Å². The molecule has 0 aromatic heterocycles. The topological polar surface area (TPSA) is 75.7 Å². The minimum absolute atomic E-state index is 0.0590. The van der Waals surface area contributed by atoms with E-state index >= 15 is 0 Å². The highest BCUT2D eigenvalue weighted by molar-refractivity contribution is 7.50. The highest BCUT2D eigenvalue weighted by Gasteiger charge is 2.76. The molecule has 4 fully saturated rings. The first kappa shape index (κ1) is 17.7. The Morgan fingerprint density at radius 1 is 1.14 bits per heavy atom. The fourth-order valence-corrected chi connectivity index (χ4v) is 5.95. The van der Waals surface area contributed by atoms with Crippen LogP contribution in [-0.2, 0) is 18.2 Å². The molecule has 29 heavy (non-hydrogen) atoms. The summed E-state index contributed by atoms with van der Waals surface area (Å²) in [6, 6.07) is 11.7. The van der Waals surface area contributed by atoms with E-state index < -0.39 is 13.7 Å². The number of nitrogens with zero attached hydrogens (tertiary/aromatic N) is 1. The van der Waals surface area contributed by atoms with Crippen LogP contribution in [0.15, 0.2) is 42.5 Å². The maximum absolute atomic E-state index is 13.4. The summed E-state index contributed by atoms with van der Waals surface area (Å²) in [7, 11) is -3.51. The molecule has 1 spiro atoms. The molecule has 2 aromatic rings. The average molecular weight is 421 g/mol. The number of phosphoric ester groups is 1. The number of hydrogen-bond acceptors (Lipinski definition) is 8. The molecule has 0 aliphatic carbocycles. The maximum Gasteiger partial charge on any atom is 0.499 e. The van der Waals surface area contributed by atoms with E-state index in [2.05, 4.69) is 0 Å². The van der Waals surface area contributed by atoms with Crippen molar-refractivity contribution in [1.29, 1.82) is 0 Å². The Hall–Kier alpha value is -2.16. The molecule has 0 saturated carbocycles. The molecule has 5 heterocycles. The molecule has 5 aliphatic rings. The first-order valence-electron chi connectivity index (χ1n) is 9.31. The highest BCUT2D eigenvalue weighted by atomic mass is 31.2. The number of benzene rings is 2. The summed E-state index contributed by atoms with van der Waals surface area (Å²) < 4.78 is 59.0. The van der Waals surface area contributed by atoms with Gasteiger partial charge >= 0.3 is 7.82 Å². The van der Waals surface area contributed by atoms with Crippen LogP contribution in [0.3, 0.4) is 0 Å². The first-order chi connectivity index (χ1) is 14.0. The smallest absolute Gasteiger partial charge is 0.493 e. The lowest BCUT2D eigenvalue weighted by atomic mass is 9.78. The summed E-state index contributed by atoms with van der Waals surface area (Å²) in [5.41, 5.74) is 0.931. The number of rotatable bonds is 4. The molecule has 0 unspecified atom stereocenters. The van der Waals surface area contributed by atoms with Gasteiger partial charge in [-0.05, 0) is 42.2 Å². The van der Waals surface area contributed by atoms with Crippen molar-refractivity contribution in [2.45, 2.75) is 18.2 Å². The standard InChI is InChI=1S/C19H17FNO7P/c20-13-3-1-12(2-4-13)15-7-8-21-19(26-29(22,27-19)28-21)16(15)10-23-14-5-6-17-18(9-14)25-11-24-17/h1-6,9,15-16H,7-8,10-11H2/t15-,16-,19?,29?/m0/s1. The molecule has 2 aromatic carbocycles. The van der Waals surface area contributed by atoms with Crippen LogP contribution >= 0.6 is 7.82 Å². The summed E-state index contributed by atoms with van der Waals surface area (Å²) in [4.78, 5) is 0.